The number of benzene rings is 3. The van der Waals surface area contributed by atoms with E-state index < -0.39 is 23.0 Å². The monoisotopic (exact) mass is 825 g/mol. The molecule has 0 fully saturated rings. The van der Waals surface area contributed by atoms with Gasteiger partial charge in [0.15, 0.2) is 0 Å². The second-order valence-corrected chi connectivity index (χ2v) is 20.8. The number of anilines is 3. The standard InChI is InChI=1S/C34H47NO5Si.C10H20O5Si/c1-9-28(25-34(4,5)33(36)40-23-10-24-41(37-6,38-7)39-8)29-15-21-32(22-16-29)35(30-17-11-26(2)12-18-30)31-19-13-27(3)14-20-31;1-9(2)10(11)15-7-6-8-16(12-3,13-4)14-5/h11-22,28H,9-10,23-25H2,1-8H3;1,6-8H2,2-5H3. The van der Waals surface area contributed by atoms with Crippen molar-refractivity contribution >= 4 is 46.6 Å². The van der Waals surface area contributed by atoms with E-state index in [0.29, 0.717) is 50.1 Å². The van der Waals surface area contributed by atoms with E-state index in [1.54, 1.807) is 49.6 Å². The molecule has 13 heteroatoms. The molecule has 3 rings (SSSR count). The van der Waals surface area contributed by atoms with Crippen LogP contribution in [0.5, 0.6) is 0 Å². The maximum absolute atomic E-state index is 13.1. The Bertz CT molecular complexity index is 1580. The highest BCUT2D eigenvalue weighted by atomic mass is 28.4. The number of esters is 2. The molecule has 1 atom stereocenters. The molecule has 0 spiro atoms. The maximum atomic E-state index is 13.1. The van der Waals surface area contributed by atoms with Crippen LogP contribution in [0.3, 0.4) is 0 Å². The molecule has 0 radical (unpaired) electrons. The Balaban J connectivity index is 0.000000590. The van der Waals surface area contributed by atoms with E-state index in [2.05, 4.69) is 105 Å². The molecule has 3 aromatic carbocycles. The molecule has 0 heterocycles. The zero-order chi connectivity index (χ0) is 42.6. The highest BCUT2D eigenvalue weighted by Gasteiger charge is 2.38. The van der Waals surface area contributed by atoms with Crippen molar-refractivity contribution in [3.05, 3.63) is 102 Å². The molecule has 0 saturated heterocycles. The normalized spacial score (nSPS) is 12.3. The molecule has 57 heavy (non-hydrogen) atoms. The van der Waals surface area contributed by atoms with Crippen molar-refractivity contribution in [3.8, 4) is 0 Å². The Morgan fingerprint density at radius 3 is 1.37 bits per heavy atom. The molecule has 3 aromatic rings. The van der Waals surface area contributed by atoms with Crippen LogP contribution in [-0.4, -0.2) is 85.4 Å². The van der Waals surface area contributed by atoms with Crippen molar-refractivity contribution in [3.63, 3.8) is 0 Å². The fourth-order valence-corrected chi connectivity index (χ4v) is 9.65. The number of rotatable bonds is 23. The van der Waals surface area contributed by atoms with Gasteiger partial charge in [0, 0.05) is 77.4 Å². The highest BCUT2D eigenvalue weighted by Crippen LogP contribution is 2.38. The molecule has 0 saturated carbocycles. The van der Waals surface area contributed by atoms with Gasteiger partial charge in [0.05, 0.1) is 18.6 Å². The van der Waals surface area contributed by atoms with E-state index in [1.807, 2.05) is 13.8 Å². The van der Waals surface area contributed by atoms with Gasteiger partial charge in [-0.25, -0.2) is 4.79 Å². The zero-order valence-corrected chi connectivity index (χ0v) is 38.4. The van der Waals surface area contributed by atoms with Crippen LogP contribution in [0.15, 0.2) is 84.9 Å². The van der Waals surface area contributed by atoms with E-state index in [-0.39, 0.29) is 17.9 Å². The first-order valence-electron chi connectivity index (χ1n) is 19.4. The summed E-state index contributed by atoms with van der Waals surface area (Å²) >= 11 is 0. The van der Waals surface area contributed by atoms with Crippen LogP contribution in [0.25, 0.3) is 0 Å². The largest absolute Gasteiger partial charge is 0.500 e. The lowest BCUT2D eigenvalue weighted by Gasteiger charge is -2.29. The minimum absolute atomic E-state index is 0.183. The first-order chi connectivity index (χ1) is 27.1. The summed E-state index contributed by atoms with van der Waals surface area (Å²) in [4.78, 5) is 26.4. The lowest BCUT2D eigenvalue weighted by Crippen LogP contribution is -2.42. The average molecular weight is 826 g/mol. The maximum Gasteiger partial charge on any atom is 0.500 e. The summed E-state index contributed by atoms with van der Waals surface area (Å²) in [6.45, 7) is 16.1. The third kappa shape index (κ3) is 15.2. The van der Waals surface area contributed by atoms with E-state index in [1.165, 1.54) is 16.7 Å². The number of aryl methyl sites for hydroxylation is 2. The number of ether oxygens (including phenoxy) is 2. The van der Waals surface area contributed by atoms with Gasteiger partial charge >= 0.3 is 29.5 Å². The lowest BCUT2D eigenvalue weighted by atomic mass is 9.79. The van der Waals surface area contributed by atoms with E-state index in [0.717, 1.165) is 23.5 Å². The first kappa shape index (κ1) is 49.5. The topological polar surface area (TPSA) is 111 Å². The third-order valence-electron chi connectivity index (χ3n) is 9.94. The summed E-state index contributed by atoms with van der Waals surface area (Å²) in [7, 11) is 4.24. The fourth-order valence-electron chi connectivity index (χ4n) is 6.27. The Morgan fingerprint density at radius 2 is 1.02 bits per heavy atom. The SMILES string of the molecule is C=C(C)C(=O)OCCC[Si](OC)(OC)OC.CCC(CC(C)(C)C(=O)OCCC[Si](OC)(OC)OC)c1ccc(N(c2ccc(C)cc2)c2ccc(C)cc2)cc1. The van der Waals surface area contributed by atoms with Crippen molar-refractivity contribution in [2.24, 2.45) is 5.41 Å². The van der Waals surface area contributed by atoms with E-state index >= 15 is 0 Å². The van der Waals surface area contributed by atoms with Crippen LogP contribution in [0, 0.1) is 19.3 Å². The minimum Gasteiger partial charge on any atom is -0.465 e. The van der Waals surface area contributed by atoms with Crippen LogP contribution in [0.2, 0.25) is 12.1 Å². The molecule has 0 aromatic heterocycles. The fraction of sp³-hybridized carbons (Fsp3) is 0.500. The first-order valence-corrected chi connectivity index (χ1v) is 23.3. The van der Waals surface area contributed by atoms with Crippen molar-refractivity contribution in [2.45, 2.75) is 85.2 Å². The summed E-state index contributed by atoms with van der Waals surface area (Å²) in [5, 5.41) is 0. The number of hydrogen-bond acceptors (Lipinski definition) is 11. The van der Waals surface area contributed by atoms with Gasteiger partial charge in [0.1, 0.15) is 0 Å². The molecule has 0 bridgehead atoms. The van der Waals surface area contributed by atoms with Crippen LogP contribution < -0.4 is 4.90 Å². The van der Waals surface area contributed by atoms with Gasteiger partial charge in [-0.2, -0.15) is 0 Å². The van der Waals surface area contributed by atoms with Crippen molar-refractivity contribution in [2.75, 3.05) is 60.8 Å². The summed E-state index contributed by atoms with van der Waals surface area (Å²) in [6.07, 6.45) is 2.90. The number of hydrogen-bond donors (Lipinski definition) is 0. The quantitative estimate of drug-likeness (QED) is 0.0394. The minimum atomic E-state index is -2.67. The predicted octanol–water partition coefficient (Wildman–Crippen LogP) is 9.87. The number of nitrogens with zero attached hydrogens (tertiary/aromatic N) is 1. The summed E-state index contributed by atoms with van der Waals surface area (Å²) in [5.41, 5.74) is 6.79. The molecule has 0 aliphatic carbocycles. The summed E-state index contributed by atoms with van der Waals surface area (Å²) < 4.78 is 42.7. The van der Waals surface area contributed by atoms with Gasteiger partial charge in [-0.15, -0.1) is 0 Å². The molecule has 11 nitrogen and oxygen atoms in total. The number of carbonyl (C=O) groups is 2. The second-order valence-electron chi connectivity index (χ2n) is 14.6. The Kier molecular flexibility index (Phi) is 21.1. The van der Waals surface area contributed by atoms with Crippen molar-refractivity contribution in [1.29, 1.82) is 0 Å². The highest BCUT2D eigenvalue weighted by molar-refractivity contribution is 6.60. The third-order valence-corrected chi connectivity index (χ3v) is 15.6. The van der Waals surface area contributed by atoms with Gasteiger partial charge < -0.3 is 40.9 Å². The predicted molar refractivity (Wildman–Crippen MR) is 231 cm³/mol. The smallest absolute Gasteiger partial charge is 0.465 e. The van der Waals surface area contributed by atoms with Crippen LogP contribution in [0.4, 0.5) is 17.1 Å². The average Bonchev–Trinajstić information content (AvgIpc) is 3.22. The van der Waals surface area contributed by atoms with Gasteiger partial charge in [-0.3, -0.25) is 4.79 Å². The van der Waals surface area contributed by atoms with Crippen LogP contribution >= 0.6 is 0 Å². The lowest BCUT2D eigenvalue weighted by molar-refractivity contribution is -0.154. The van der Waals surface area contributed by atoms with Crippen molar-refractivity contribution < 1.29 is 45.6 Å². The van der Waals surface area contributed by atoms with Crippen LogP contribution in [0.1, 0.15) is 76.0 Å². The molecular formula is C44H67NO10Si2. The molecule has 0 amide bonds. The Labute approximate surface area is 344 Å². The summed E-state index contributed by atoms with van der Waals surface area (Å²) in [5.74, 6) is -0.328. The van der Waals surface area contributed by atoms with Crippen molar-refractivity contribution in [1.82, 2.24) is 0 Å². The Hall–Kier alpha value is -3.67. The second kappa shape index (κ2) is 24.3. The van der Waals surface area contributed by atoms with Crippen LogP contribution in [-0.2, 0) is 45.6 Å². The van der Waals surface area contributed by atoms with E-state index in [4.69, 9.17) is 36.0 Å². The molecule has 316 valence electrons. The van der Waals surface area contributed by atoms with Gasteiger partial charge in [0.2, 0.25) is 0 Å². The summed E-state index contributed by atoms with van der Waals surface area (Å²) in [6, 6.07) is 27.2. The zero-order valence-electron chi connectivity index (χ0n) is 36.4. The van der Waals surface area contributed by atoms with Gasteiger partial charge in [-0.1, -0.05) is 61.0 Å². The molecule has 1 unspecified atom stereocenters. The van der Waals surface area contributed by atoms with Gasteiger partial charge in [0.25, 0.3) is 0 Å². The molecular weight excluding hydrogens is 759 g/mol. The Morgan fingerprint density at radius 1 is 0.649 bits per heavy atom. The number of carbonyl (C=O) groups excluding carboxylic acids is 2. The van der Waals surface area contributed by atoms with E-state index in [9.17, 15) is 9.59 Å². The molecule has 0 aliphatic rings. The van der Waals surface area contributed by atoms with Gasteiger partial charge in [-0.05, 0) is 108 Å². The molecule has 0 N–H and O–H groups in total. The molecule has 0 aliphatic heterocycles.